The Labute approximate surface area is 236 Å². The smallest absolute Gasteiger partial charge is 0.294 e. The number of carbonyl (C=O) groups is 3. The number of hydrogen-bond acceptors (Lipinski definition) is 5. The van der Waals surface area contributed by atoms with Gasteiger partial charge >= 0.3 is 0 Å². The van der Waals surface area contributed by atoms with E-state index >= 15 is 0 Å². The molecule has 1 aliphatic rings. The van der Waals surface area contributed by atoms with Crippen LogP contribution in [-0.2, 0) is 16.2 Å². The van der Waals surface area contributed by atoms with E-state index in [-0.39, 0.29) is 11.5 Å². The van der Waals surface area contributed by atoms with Crippen LogP contribution in [0, 0.1) is 17.5 Å². The van der Waals surface area contributed by atoms with E-state index in [0.29, 0.717) is 48.6 Å². The first-order valence-electron chi connectivity index (χ1n) is 10.6. The second kappa shape index (κ2) is 11.8. The van der Waals surface area contributed by atoms with Crippen molar-refractivity contribution in [2.75, 3.05) is 11.9 Å². The Morgan fingerprint density at radius 1 is 1.05 bits per heavy atom. The average molecular weight is 646 g/mol. The molecule has 0 spiro atoms. The third-order valence-corrected chi connectivity index (χ3v) is 7.25. The van der Waals surface area contributed by atoms with E-state index in [2.05, 4.69) is 15.9 Å². The van der Waals surface area contributed by atoms with Gasteiger partial charge in [0.2, 0.25) is 5.91 Å². The van der Waals surface area contributed by atoms with Crippen molar-refractivity contribution >= 4 is 79.7 Å². The number of rotatable bonds is 7. The van der Waals surface area contributed by atoms with Crippen LogP contribution in [-0.4, -0.2) is 28.5 Å². The van der Waals surface area contributed by atoms with Gasteiger partial charge in [-0.05, 0) is 75.7 Å². The van der Waals surface area contributed by atoms with Crippen LogP contribution < -0.4 is 10.1 Å². The number of ether oxygens (including phenoxy) is 1. The Morgan fingerprint density at radius 3 is 2.53 bits per heavy atom. The number of imide groups is 1. The molecular formula is C25H14BrCl2F3N2O4S. The van der Waals surface area contributed by atoms with Crippen LogP contribution in [0.25, 0.3) is 6.08 Å². The van der Waals surface area contributed by atoms with Gasteiger partial charge in [0.15, 0.2) is 17.5 Å². The van der Waals surface area contributed by atoms with Crippen molar-refractivity contribution in [3.05, 3.63) is 96.5 Å². The third-order valence-electron chi connectivity index (χ3n) is 5.14. The number of nitrogens with zero attached hydrogens (tertiary/aromatic N) is 1. The number of benzene rings is 3. The molecule has 1 aliphatic heterocycles. The molecule has 1 heterocycles. The molecule has 13 heteroatoms. The minimum absolute atomic E-state index is 0.0512. The summed E-state index contributed by atoms with van der Waals surface area (Å²) in [4.78, 5) is 38.0. The van der Waals surface area contributed by atoms with Gasteiger partial charge in [-0.3, -0.25) is 19.3 Å². The van der Waals surface area contributed by atoms with Crippen LogP contribution in [0.15, 0.2) is 57.9 Å². The van der Waals surface area contributed by atoms with E-state index in [4.69, 9.17) is 27.9 Å². The summed E-state index contributed by atoms with van der Waals surface area (Å²) in [6.45, 7) is -0.562. The topological polar surface area (TPSA) is 75.7 Å². The summed E-state index contributed by atoms with van der Waals surface area (Å²) in [6.07, 6.45) is 1.46. The quantitative estimate of drug-likeness (QED) is 0.214. The molecule has 1 N–H and O–H groups in total. The van der Waals surface area contributed by atoms with E-state index in [9.17, 15) is 27.6 Å². The van der Waals surface area contributed by atoms with Crippen LogP contribution in [0.5, 0.6) is 5.75 Å². The maximum atomic E-state index is 13.8. The highest BCUT2D eigenvalue weighted by atomic mass is 79.9. The van der Waals surface area contributed by atoms with Gasteiger partial charge in [-0.15, -0.1) is 0 Å². The Balaban J connectivity index is 1.41. The molecule has 3 aromatic rings. The summed E-state index contributed by atoms with van der Waals surface area (Å²) in [6, 6.07) is 11.5. The second-order valence-electron chi connectivity index (χ2n) is 7.75. The number of amides is 3. The maximum absolute atomic E-state index is 13.8. The SMILES string of the molecule is O=C(CN1C(=O)S/C(=C/c2ccc(OCc3ccc(Cl)cc3Cl)c(Br)c2)C1=O)Nc1ccc(F)c(F)c1F. The summed E-state index contributed by atoms with van der Waals surface area (Å²) in [7, 11) is 0. The fraction of sp³-hybridized carbons (Fsp3) is 0.0800. The molecule has 6 nitrogen and oxygen atoms in total. The monoisotopic (exact) mass is 644 g/mol. The highest BCUT2D eigenvalue weighted by molar-refractivity contribution is 9.10. The minimum atomic E-state index is -1.76. The van der Waals surface area contributed by atoms with Crippen molar-refractivity contribution < 1.29 is 32.3 Å². The highest BCUT2D eigenvalue weighted by Crippen LogP contribution is 2.34. The summed E-state index contributed by atoms with van der Waals surface area (Å²) >= 11 is 16.1. The lowest BCUT2D eigenvalue weighted by Gasteiger charge is -2.13. The molecule has 0 aliphatic carbocycles. The van der Waals surface area contributed by atoms with E-state index < -0.39 is 46.7 Å². The van der Waals surface area contributed by atoms with Gasteiger partial charge in [-0.1, -0.05) is 35.3 Å². The molecule has 3 aromatic carbocycles. The molecular weight excluding hydrogens is 632 g/mol. The Morgan fingerprint density at radius 2 is 1.82 bits per heavy atom. The fourth-order valence-electron chi connectivity index (χ4n) is 3.26. The Hall–Kier alpha value is -2.99. The lowest BCUT2D eigenvalue weighted by Crippen LogP contribution is -2.36. The van der Waals surface area contributed by atoms with Crippen LogP contribution in [0.2, 0.25) is 10.0 Å². The summed E-state index contributed by atoms with van der Waals surface area (Å²) in [5.74, 6) is -5.98. The standard InChI is InChI=1S/C25H14BrCl2F3N2O4S/c26-15-7-12(1-6-19(15)37-11-13-2-3-14(27)9-16(13)28)8-20-24(35)33(25(36)38-20)10-21(34)32-18-5-4-17(29)22(30)23(18)31/h1-9H,10-11H2,(H,32,34)/b20-8+. The molecule has 4 rings (SSSR count). The van der Waals surface area contributed by atoms with Gasteiger partial charge < -0.3 is 10.1 Å². The molecule has 1 fully saturated rings. The molecule has 0 saturated carbocycles. The van der Waals surface area contributed by atoms with Gasteiger partial charge in [-0.25, -0.2) is 13.2 Å². The van der Waals surface area contributed by atoms with E-state index in [1.807, 2.05) is 5.32 Å². The zero-order chi connectivity index (χ0) is 27.6. The van der Waals surface area contributed by atoms with Crippen molar-refractivity contribution in [2.24, 2.45) is 0 Å². The van der Waals surface area contributed by atoms with Crippen LogP contribution in [0.3, 0.4) is 0 Å². The third kappa shape index (κ3) is 6.35. The predicted octanol–water partition coefficient (Wildman–Crippen LogP) is 7.43. The van der Waals surface area contributed by atoms with Gasteiger partial charge in [0.25, 0.3) is 11.1 Å². The normalized spacial score (nSPS) is 14.4. The first kappa shape index (κ1) is 28.0. The highest BCUT2D eigenvalue weighted by Gasteiger charge is 2.36. The predicted molar refractivity (Wildman–Crippen MR) is 143 cm³/mol. The molecule has 38 heavy (non-hydrogen) atoms. The van der Waals surface area contributed by atoms with E-state index in [1.54, 1.807) is 36.4 Å². The molecule has 196 valence electrons. The Bertz CT molecular complexity index is 1510. The number of thioether (sulfide) groups is 1. The van der Waals surface area contributed by atoms with Gasteiger partial charge in [0, 0.05) is 15.6 Å². The van der Waals surface area contributed by atoms with Crippen molar-refractivity contribution in [2.45, 2.75) is 6.61 Å². The summed E-state index contributed by atoms with van der Waals surface area (Å²) in [5, 5.41) is 2.27. The van der Waals surface area contributed by atoms with Gasteiger partial charge in [0.1, 0.15) is 18.9 Å². The van der Waals surface area contributed by atoms with Crippen LogP contribution >= 0.6 is 50.9 Å². The van der Waals surface area contributed by atoms with E-state index in [1.165, 1.54) is 6.08 Å². The zero-order valence-electron chi connectivity index (χ0n) is 18.9. The Kier molecular flexibility index (Phi) is 8.71. The lowest BCUT2D eigenvalue weighted by atomic mass is 10.2. The number of nitrogens with one attached hydrogen (secondary N) is 1. The second-order valence-corrected chi connectivity index (χ2v) is 10.4. The average Bonchev–Trinajstić information content (AvgIpc) is 3.12. The fourth-order valence-corrected chi connectivity index (χ4v) is 5.07. The lowest BCUT2D eigenvalue weighted by molar-refractivity contribution is -0.127. The zero-order valence-corrected chi connectivity index (χ0v) is 22.8. The number of carbonyl (C=O) groups excluding carboxylic acids is 3. The first-order valence-corrected chi connectivity index (χ1v) is 12.9. The molecule has 0 aromatic heterocycles. The van der Waals surface area contributed by atoms with Gasteiger partial charge in [-0.2, -0.15) is 0 Å². The van der Waals surface area contributed by atoms with Crippen molar-refractivity contribution in [1.29, 1.82) is 0 Å². The largest absolute Gasteiger partial charge is 0.488 e. The minimum Gasteiger partial charge on any atom is -0.488 e. The van der Waals surface area contributed by atoms with Crippen molar-refractivity contribution in [1.82, 2.24) is 4.90 Å². The summed E-state index contributed by atoms with van der Waals surface area (Å²) in [5.41, 5.74) is 0.673. The van der Waals surface area contributed by atoms with Crippen LogP contribution in [0.1, 0.15) is 11.1 Å². The van der Waals surface area contributed by atoms with E-state index in [0.717, 1.165) is 11.6 Å². The number of hydrogen-bond donors (Lipinski definition) is 1. The number of anilines is 1. The molecule has 0 unspecified atom stereocenters. The molecule has 0 bridgehead atoms. The number of halogens is 6. The van der Waals surface area contributed by atoms with Crippen molar-refractivity contribution in [3.63, 3.8) is 0 Å². The maximum Gasteiger partial charge on any atom is 0.294 e. The molecule has 0 radical (unpaired) electrons. The molecule has 0 atom stereocenters. The van der Waals surface area contributed by atoms with Gasteiger partial charge in [0.05, 0.1) is 15.1 Å². The summed E-state index contributed by atoms with van der Waals surface area (Å²) < 4.78 is 46.6. The molecule has 3 amide bonds. The first-order chi connectivity index (χ1) is 18.0. The van der Waals surface area contributed by atoms with Crippen molar-refractivity contribution in [3.8, 4) is 5.75 Å². The van der Waals surface area contributed by atoms with Crippen LogP contribution in [0.4, 0.5) is 23.7 Å². The molecule has 1 saturated heterocycles.